The molecule has 2 aliphatic rings. The maximum absolute atomic E-state index is 13.4. The van der Waals surface area contributed by atoms with Gasteiger partial charge in [-0.15, -0.1) is 0 Å². The third kappa shape index (κ3) is 4.18. The van der Waals surface area contributed by atoms with Crippen molar-refractivity contribution in [2.75, 3.05) is 0 Å². The first-order chi connectivity index (χ1) is 12.8. The number of sulfone groups is 1. The molecule has 1 unspecified atom stereocenters. The van der Waals surface area contributed by atoms with E-state index in [0.29, 0.717) is 37.7 Å². The van der Waals surface area contributed by atoms with E-state index in [-0.39, 0.29) is 26.6 Å². The first kappa shape index (κ1) is 21.8. The molecule has 0 amide bonds. The zero-order valence-corrected chi connectivity index (χ0v) is 17.9. The minimum Gasteiger partial charge on any atom is -0.360 e. The van der Waals surface area contributed by atoms with Crippen LogP contribution in [0.3, 0.4) is 0 Å². The van der Waals surface area contributed by atoms with Gasteiger partial charge in [-0.05, 0) is 43.8 Å². The van der Waals surface area contributed by atoms with Crippen LogP contribution >= 0.6 is 0 Å². The van der Waals surface area contributed by atoms with Crippen LogP contribution in [0.2, 0.25) is 0 Å². The molecular weight excluding hydrogens is 384 g/mol. The smallest absolute Gasteiger partial charge is 0.360 e. The van der Waals surface area contributed by atoms with Crippen LogP contribution in [0.5, 0.6) is 0 Å². The van der Waals surface area contributed by atoms with E-state index in [1.165, 1.54) is 6.08 Å². The molecule has 0 aliphatic heterocycles. The van der Waals surface area contributed by atoms with Crippen molar-refractivity contribution in [3.8, 4) is 0 Å². The molecule has 0 aromatic rings. The Bertz CT molecular complexity index is 936. The van der Waals surface area contributed by atoms with Gasteiger partial charge in [-0.25, -0.2) is 8.42 Å². The number of allylic oxidation sites excluding steroid dienone is 3. The molecule has 0 N–H and O–H groups in total. The minimum absolute atomic E-state index is 0.0101. The second-order valence-corrected chi connectivity index (χ2v) is 9.90. The summed E-state index contributed by atoms with van der Waals surface area (Å²) >= 11 is 0. The Labute approximate surface area is 163 Å². The van der Waals surface area contributed by atoms with E-state index in [2.05, 4.69) is 4.79 Å². The van der Waals surface area contributed by atoms with Gasteiger partial charge in [-0.1, -0.05) is 45.6 Å². The van der Waals surface area contributed by atoms with Gasteiger partial charge in [0, 0.05) is 5.92 Å². The Kier molecular flexibility index (Phi) is 7.37. The highest BCUT2D eigenvalue weighted by Crippen LogP contribution is 2.38. The van der Waals surface area contributed by atoms with E-state index in [0.717, 1.165) is 24.8 Å². The van der Waals surface area contributed by atoms with Crippen LogP contribution < -0.4 is 0 Å². The van der Waals surface area contributed by atoms with Crippen molar-refractivity contribution in [3.05, 3.63) is 27.7 Å². The molecule has 1 atom stereocenters. The van der Waals surface area contributed by atoms with E-state index < -0.39 is 20.1 Å². The van der Waals surface area contributed by atoms with E-state index >= 15 is 0 Å². The lowest BCUT2D eigenvalue weighted by molar-refractivity contribution is -0.00894. The molecule has 1 fully saturated rings. The predicted molar refractivity (Wildman–Crippen MR) is 108 cm³/mol. The molecule has 2 rings (SSSR count). The van der Waals surface area contributed by atoms with Crippen LogP contribution in [0.4, 0.5) is 0 Å². The van der Waals surface area contributed by atoms with Gasteiger partial charge >= 0.3 is 5.04 Å². The molecule has 150 valence electrons. The normalized spacial score (nSPS) is 21.7. The van der Waals surface area contributed by atoms with Gasteiger partial charge in [0.15, 0.2) is 0 Å². The summed E-state index contributed by atoms with van der Waals surface area (Å²) in [7, 11) is -6.57. The molecule has 27 heavy (non-hydrogen) atoms. The van der Waals surface area contributed by atoms with E-state index in [1.54, 1.807) is 0 Å². The van der Waals surface area contributed by atoms with Gasteiger partial charge in [0.05, 0.1) is 15.7 Å². The van der Waals surface area contributed by atoms with Crippen LogP contribution in [-0.4, -0.2) is 31.5 Å². The highest BCUT2D eigenvalue weighted by Gasteiger charge is 2.43. The van der Waals surface area contributed by atoms with Crippen molar-refractivity contribution >= 4 is 30.0 Å². The van der Waals surface area contributed by atoms with Crippen LogP contribution in [0.1, 0.15) is 72.1 Å². The van der Waals surface area contributed by atoms with Gasteiger partial charge in [0.25, 0.3) is 9.84 Å². The van der Waals surface area contributed by atoms with Gasteiger partial charge < -0.3 is 5.53 Å². The molecule has 2 aliphatic carbocycles. The summed E-state index contributed by atoms with van der Waals surface area (Å²) in [5.74, 6) is -0.616. The summed E-state index contributed by atoms with van der Waals surface area (Å²) < 4.78 is 50.4. The Balaban J connectivity index is 2.70. The molecule has 0 aromatic heterocycles. The van der Waals surface area contributed by atoms with Crippen LogP contribution in [0.15, 0.2) is 22.1 Å². The summed E-state index contributed by atoms with van der Waals surface area (Å²) in [5, 5.41) is -0.221. The molecule has 0 radical (unpaired) electrons. The minimum atomic E-state index is -4.07. The average molecular weight is 413 g/mol. The number of nitrogens with zero attached hydrogens (tertiary/aromatic N) is 2. The van der Waals surface area contributed by atoms with Crippen molar-refractivity contribution in [1.29, 1.82) is 0 Å². The van der Waals surface area contributed by atoms with Gasteiger partial charge in [-0.3, -0.25) is 0 Å². The fourth-order valence-corrected chi connectivity index (χ4v) is 7.11. The van der Waals surface area contributed by atoms with E-state index in [1.807, 2.05) is 20.8 Å². The lowest BCUT2D eigenvalue weighted by Gasteiger charge is -2.27. The Hall–Kier alpha value is -1.50. The first-order valence-electron chi connectivity index (χ1n) is 9.70. The highest BCUT2D eigenvalue weighted by atomic mass is 32.2. The van der Waals surface area contributed by atoms with Crippen molar-refractivity contribution in [2.24, 2.45) is 11.8 Å². The number of hydrogen-bond acceptors (Lipinski definition) is 4. The molecule has 0 aromatic carbocycles. The molecule has 8 heteroatoms. The number of rotatable bonds is 5. The highest BCUT2D eigenvalue weighted by molar-refractivity contribution is 8.09. The van der Waals surface area contributed by atoms with Gasteiger partial charge in [-0.2, -0.15) is 13.2 Å². The zero-order chi connectivity index (χ0) is 20.2. The fourth-order valence-electron chi connectivity index (χ4n) is 4.39. The summed E-state index contributed by atoms with van der Waals surface area (Å²) in [6.07, 6.45) is 7.10. The molecular formula is C19H28N2O4S2. The zero-order valence-electron chi connectivity index (χ0n) is 16.2. The molecule has 1 saturated carbocycles. The molecule has 0 heterocycles. The van der Waals surface area contributed by atoms with Crippen LogP contribution in [0, 0.1) is 11.8 Å². The molecule has 0 spiro atoms. The third-order valence-corrected chi connectivity index (χ3v) is 8.37. The topological polar surface area (TPSA) is 105 Å². The predicted octanol–water partition coefficient (Wildman–Crippen LogP) is 3.70. The molecule has 0 bridgehead atoms. The van der Waals surface area contributed by atoms with Crippen LogP contribution in [0.25, 0.3) is 5.53 Å². The standard InChI is InChI=1S/C19H28N2O4S2/c1-4-14-15(5-2)17(26(22)23)12-18(16(14)6-3)27(24,25)19(21-20)13-10-8-7-9-11-13/h12-13,15H,4-11H2,1-3H3. The summed E-state index contributed by atoms with van der Waals surface area (Å²) in [6, 6.07) is 0. The van der Waals surface area contributed by atoms with E-state index in [9.17, 15) is 22.4 Å². The first-order valence-corrected chi connectivity index (χ1v) is 12.3. The van der Waals surface area contributed by atoms with Crippen molar-refractivity contribution in [3.63, 3.8) is 0 Å². The van der Waals surface area contributed by atoms with Crippen molar-refractivity contribution in [1.82, 2.24) is 0 Å². The Morgan fingerprint density at radius 3 is 2.22 bits per heavy atom. The lowest BCUT2D eigenvalue weighted by atomic mass is 9.82. The van der Waals surface area contributed by atoms with Crippen LogP contribution in [-0.2, 0) is 20.1 Å². The fraction of sp³-hybridized carbons (Fsp3) is 0.684. The second kappa shape index (κ2) is 9.13. The maximum Gasteiger partial charge on any atom is 0.388 e. The Morgan fingerprint density at radius 2 is 1.78 bits per heavy atom. The molecule has 6 nitrogen and oxygen atoms in total. The monoisotopic (exact) mass is 412 g/mol. The SMILES string of the molecule is CCC1=C(CC)C(CC)C(=S(=O)=O)C=C1S(=O)(=O)C(=[N+]=[N-])C1CCCCC1. The number of hydrogen-bond donors (Lipinski definition) is 0. The third-order valence-electron chi connectivity index (χ3n) is 5.68. The largest absolute Gasteiger partial charge is 0.388 e. The second-order valence-electron chi connectivity index (χ2n) is 7.09. The summed E-state index contributed by atoms with van der Waals surface area (Å²) in [6.45, 7) is 5.68. The summed E-state index contributed by atoms with van der Waals surface area (Å²) in [5.41, 5.74) is 11.0. The average Bonchev–Trinajstić information content (AvgIpc) is 2.66. The van der Waals surface area contributed by atoms with Gasteiger partial charge in [0.1, 0.15) is 0 Å². The van der Waals surface area contributed by atoms with Crippen molar-refractivity contribution < 1.29 is 21.6 Å². The maximum atomic E-state index is 13.4. The van der Waals surface area contributed by atoms with Crippen molar-refractivity contribution in [2.45, 2.75) is 72.1 Å². The quantitative estimate of drug-likeness (QED) is 0.226. The van der Waals surface area contributed by atoms with E-state index in [4.69, 9.17) is 0 Å². The summed E-state index contributed by atoms with van der Waals surface area (Å²) in [4.78, 5) is 3.28. The van der Waals surface area contributed by atoms with Gasteiger partial charge in [0.2, 0.25) is 10.3 Å². The molecule has 0 saturated heterocycles. The Morgan fingerprint density at radius 1 is 1.15 bits per heavy atom. The lowest BCUT2D eigenvalue weighted by Crippen LogP contribution is -2.32.